The zero-order chi connectivity index (χ0) is 10.6. The quantitative estimate of drug-likeness (QED) is 0.817. The van der Waals surface area contributed by atoms with Crippen molar-refractivity contribution in [2.45, 2.75) is 19.1 Å². The van der Waals surface area contributed by atoms with E-state index in [1.807, 2.05) is 0 Å². The summed E-state index contributed by atoms with van der Waals surface area (Å²) in [5, 5.41) is 2.39. The van der Waals surface area contributed by atoms with Gasteiger partial charge in [0.25, 0.3) is 0 Å². The summed E-state index contributed by atoms with van der Waals surface area (Å²) in [7, 11) is 0. The van der Waals surface area contributed by atoms with Crippen LogP contribution in [0.15, 0.2) is 24.5 Å². The van der Waals surface area contributed by atoms with Gasteiger partial charge in [0.15, 0.2) is 0 Å². The zero-order valence-corrected chi connectivity index (χ0v) is 7.67. The van der Waals surface area contributed by atoms with E-state index in [1.165, 1.54) is 0 Å². The fourth-order valence-corrected chi connectivity index (χ4v) is 1.04. The summed E-state index contributed by atoms with van der Waals surface area (Å²) in [6.07, 6.45) is -1.05. The maximum Gasteiger partial charge on any atom is 0.401 e. The lowest BCUT2D eigenvalue weighted by atomic mass is 10.1. The number of nitrogens with one attached hydrogen (secondary N) is 1. The van der Waals surface area contributed by atoms with Gasteiger partial charge in [-0.25, -0.2) is 0 Å². The molecule has 0 spiro atoms. The summed E-state index contributed by atoms with van der Waals surface area (Å²) in [4.78, 5) is 3.79. The predicted molar refractivity (Wildman–Crippen MR) is 46.7 cm³/mol. The summed E-state index contributed by atoms with van der Waals surface area (Å²) in [6.45, 7) is 0.706. The van der Waals surface area contributed by atoms with Crippen molar-refractivity contribution in [3.8, 4) is 0 Å². The molecule has 14 heavy (non-hydrogen) atoms. The van der Waals surface area contributed by atoms with E-state index in [0.717, 1.165) is 5.56 Å². The molecular formula is C9H11F3N2. The molecule has 1 aromatic heterocycles. The Hall–Kier alpha value is -1.10. The molecule has 0 fully saturated rings. The molecule has 0 unspecified atom stereocenters. The molecule has 78 valence electrons. The van der Waals surface area contributed by atoms with E-state index in [9.17, 15) is 13.2 Å². The Bertz CT molecular complexity index is 271. The minimum Gasteiger partial charge on any atom is -0.302 e. The van der Waals surface area contributed by atoms with Gasteiger partial charge < -0.3 is 5.32 Å². The molecule has 1 rings (SSSR count). The van der Waals surface area contributed by atoms with Crippen LogP contribution in [-0.4, -0.2) is 17.7 Å². The average molecular weight is 204 g/mol. The van der Waals surface area contributed by atoms with Crippen LogP contribution in [0.5, 0.6) is 0 Å². The summed E-state index contributed by atoms with van der Waals surface area (Å²) in [5.74, 6) is 0. The molecule has 1 N–H and O–H groups in total. The predicted octanol–water partition coefficient (Wildman–Crippen LogP) is 2.29. The Kier molecular flexibility index (Phi) is 3.46. The molecule has 0 amide bonds. The molecule has 0 saturated heterocycles. The highest BCUT2D eigenvalue weighted by atomic mass is 19.4. The van der Waals surface area contributed by atoms with Gasteiger partial charge in [0.05, 0.1) is 6.54 Å². The highest BCUT2D eigenvalue weighted by Crippen LogP contribution is 2.16. The van der Waals surface area contributed by atoms with Gasteiger partial charge in [-0.2, -0.15) is 13.2 Å². The maximum atomic E-state index is 11.9. The number of rotatable bonds is 3. The van der Waals surface area contributed by atoms with Crippen LogP contribution < -0.4 is 5.32 Å². The lowest BCUT2D eigenvalue weighted by molar-refractivity contribution is -0.126. The first-order valence-corrected chi connectivity index (χ1v) is 4.19. The average Bonchev–Trinajstić information content (AvgIpc) is 2.14. The molecular weight excluding hydrogens is 193 g/mol. The van der Waals surface area contributed by atoms with E-state index < -0.39 is 12.7 Å². The first-order valence-electron chi connectivity index (χ1n) is 4.19. The van der Waals surface area contributed by atoms with Crippen LogP contribution in [0.3, 0.4) is 0 Å². The van der Waals surface area contributed by atoms with Gasteiger partial charge in [-0.1, -0.05) is 0 Å². The SMILES string of the molecule is C[C@@H](NCC(F)(F)F)c1ccncc1. The third-order valence-electron chi connectivity index (χ3n) is 1.81. The first-order chi connectivity index (χ1) is 6.49. The van der Waals surface area contributed by atoms with Gasteiger partial charge >= 0.3 is 6.18 Å². The van der Waals surface area contributed by atoms with Crippen LogP contribution in [0, 0.1) is 0 Å². The Balaban J connectivity index is 2.48. The van der Waals surface area contributed by atoms with Crippen LogP contribution >= 0.6 is 0 Å². The van der Waals surface area contributed by atoms with Crippen molar-refractivity contribution in [1.29, 1.82) is 0 Å². The van der Waals surface area contributed by atoms with E-state index in [4.69, 9.17) is 0 Å². The minimum absolute atomic E-state index is 0.320. The molecule has 0 aromatic carbocycles. The number of alkyl halides is 3. The molecule has 5 heteroatoms. The number of aromatic nitrogens is 1. The van der Waals surface area contributed by atoms with Crippen molar-refractivity contribution in [3.05, 3.63) is 30.1 Å². The fourth-order valence-electron chi connectivity index (χ4n) is 1.04. The molecule has 0 aliphatic heterocycles. The molecule has 2 nitrogen and oxygen atoms in total. The van der Waals surface area contributed by atoms with Gasteiger partial charge in [-0.15, -0.1) is 0 Å². The Morgan fingerprint density at radius 2 is 1.93 bits per heavy atom. The summed E-state index contributed by atoms with van der Waals surface area (Å²) < 4.78 is 35.6. The normalized spacial score (nSPS) is 14.0. The van der Waals surface area contributed by atoms with Crippen LogP contribution in [0.4, 0.5) is 13.2 Å². The number of nitrogens with zero attached hydrogens (tertiary/aromatic N) is 1. The molecule has 0 saturated carbocycles. The van der Waals surface area contributed by atoms with Crippen LogP contribution in [-0.2, 0) is 0 Å². The highest BCUT2D eigenvalue weighted by Gasteiger charge is 2.27. The Morgan fingerprint density at radius 1 is 1.36 bits per heavy atom. The van der Waals surface area contributed by atoms with E-state index in [2.05, 4.69) is 10.3 Å². The summed E-state index contributed by atoms with van der Waals surface area (Å²) >= 11 is 0. The van der Waals surface area contributed by atoms with Gasteiger partial charge in [-0.05, 0) is 24.6 Å². The standard InChI is InChI=1S/C9H11F3N2/c1-7(14-6-9(10,11)12)8-2-4-13-5-3-8/h2-5,7,14H,6H2,1H3/t7-/m1/s1. The molecule has 0 aliphatic rings. The second-order valence-electron chi connectivity index (χ2n) is 3.00. The second kappa shape index (κ2) is 4.41. The van der Waals surface area contributed by atoms with Gasteiger partial charge in [-0.3, -0.25) is 4.98 Å². The molecule has 0 aliphatic carbocycles. The number of halogens is 3. The summed E-state index contributed by atoms with van der Waals surface area (Å²) in [6, 6.07) is 3.06. The van der Waals surface area contributed by atoms with Crippen molar-refractivity contribution >= 4 is 0 Å². The van der Waals surface area contributed by atoms with E-state index in [0.29, 0.717) is 0 Å². The molecule has 1 aromatic rings. The van der Waals surface area contributed by atoms with Crippen molar-refractivity contribution in [2.75, 3.05) is 6.54 Å². The number of hydrogen-bond donors (Lipinski definition) is 1. The largest absolute Gasteiger partial charge is 0.401 e. The minimum atomic E-state index is -4.17. The third kappa shape index (κ3) is 3.74. The van der Waals surface area contributed by atoms with Crippen molar-refractivity contribution in [2.24, 2.45) is 0 Å². The fraction of sp³-hybridized carbons (Fsp3) is 0.444. The van der Waals surface area contributed by atoms with E-state index >= 15 is 0 Å². The van der Waals surface area contributed by atoms with Gasteiger partial charge in [0.2, 0.25) is 0 Å². The maximum absolute atomic E-state index is 11.9. The molecule has 0 bridgehead atoms. The zero-order valence-electron chi connectivity index (χ0n) is 7.67. The van der Waals surface area contributed by atoms with Crippen LogP contribution in [0.1, 0.15) is 18.5 Å². The Labute approximate surface area is 80.2 Å². The van der Waals surface area contributed by atoms with E-state index in [-0.39, 0.29) is 6.04 Å². The van der Waals surface area contributed by atoms with Crippen LogP contribution in [0.25, 0.3) is 0 Å². The highest BCUT2D eigenvalue weighted by molar-refractivity contribution is 5.13. The molecule has 0 radical (unpaired) electrons. The lowest BCUT2D eigenvalue weighted by Gasteiger charge is -2.15. The van der Waals surface area contributed by atoms with Crippen molar-refractivity contribution in [3.63, 3.8) is 0 Å². The van der Waals surface area contributed by atoms with Crippen molar-refractivity contribution in [1.82, 2.24) is 10.3 Å². The van der Waals surface area contributed by atoms with E-state index in [1.54, 1.807) is 31.5 Å². The topological polar surface area (TPSA) is 24.9 Å². The first kappa shape index (κ1) is 11.0. The smallest absolute Gasteiger partial charge is 0.302 e. The lowest BCUT2D eigenvalue weighted by Crippen LogP contribution is -2.30. The summed E-state index contributed by atoms with van der Waals surface area (Å²) in [5.41, 5.74) is 0.796. The molecule has 1 heterocycles. The Morgan fingerprint density at radius 3 is 2.43 bits per heavy atom. The number of pyridine rings is 1. The molecule has 1 atom stereocenters. The van der Waals surface area contributed by atoms with Gasteiger partial charge in [0.1, 0.15) is 0 Å². The van der Waals surface area contributed by atoms with Crippen molar-refractivity contribution < 1.29 is 13.2 Å². The monoisotopic (exact) mass is 204 g/mol. The third-order valence-corrected chi connectivity index (χ3v) is 1.81. The number of hydrogen-bond acceptors (Lipinski definition) is 2. The van der Waals surface area contributed by atoms with Crippen LogP contribution in [0.2, 0.25) is 0 Å². The second-order valence-corrected chi connectivity index (χ2v) is 3.00. The van der Waals surface area contributed by atoms with Gasteiger partial charge in [0, 0.05) is 18.4 Å².